The molecule has 0 aliphatic heterocycles. The van der Waals surface area contributed by atoms with Crippen molar-refractivity contribution in [3.8, 4) is 0 Å². The summed E-state index contributed by atoms with van der Waals surface area (Å²) in [5.74, 6) is -3.05. The maximum Gasteiger partial charge on any atom is 2.00 e. The third kappa shape index (κ3) is 2.56. The van der Waals surface area contributed by atoms with Crippen molar-refractivity contribution in [1.29, 1.82) is 0 Å². The molecule has 4 nitrogen and oxygen atoms in total. The molecule has 17 heavy (non-hydrogen) atoms. The first-order valence-electron chi connectivity index (χ1n) is 4.55. The van der Waals surface area contributed by atoms with Gasteiger partial charge in [-0.3, -0.25) is 0 Å². The molecule has 0 atom stereocenters. The SMILES string of the molecule is O=C([O-])c1cc2ccccc2cc1C(=O)[O-].[Mg+2]. The van der Waals surface area contributed by atoms with Crippen LogP contribution in [-0.4, -0.2) is 35.0 Å². The topological polar surface area (TPSA) is 80.3 Å². The molecule has 2 aromatic carbocycles. The van der Waals surface area contributed by atoms with Gasteiger partial charge in [-0.05, 0) is 22.9 Å². The van der Waals surface area contributed by atoms with Gasteiger partial charge in [-0.2, -0.15) is 0 Å². The van der Waals surface area contributed by atoms with Crippen molar-refractivity contribution in [3.63, 3.8) is 0 Å². The van der Waals surface area contributed by atoms with Gasteiger partial charge in [-0.1, -0.05) is 24.3 Å². The Balaban J connectivity index is 0.00000144. The Bertz CT molecular complexity index is 540. The zero-order chi connectivity index (χ0) is 11.7. The van der Waals surface area contributed by atoms with Crippen LogP contribution in [0.25, 0.3) is 10.8 Å². The van der Waals surface area contributed by atoms with Gasteiger partial charge in [-0.25, -0.2) is 0 Å². The summed E-state index contributed by atoms with van der Waals surface area (Å²) in [7, 11) is 0. The fourth-order valence-corrected chi connectivity index (χ4v) is 1.58. The molecular weight excluding hydrogens is 232 g/mol. The molecule has 2 aromatic rings. The second-order valence-electron chi connectivity index (χ2n) is 3.32. The molecule has 0 amide bonds. The maximum atomic E-state index is 10.8. The van der Waals surface area contributed by atoms with Gasteiger partial charge in [0.05, 0.1) is 11.9 Å². The fourth-order valence-electron chi connectivity index (χ4n) is 1.58. The zero-order valence-corrected chi connectivity index (χ0v) is 10.2. The predicted molar refractivity (Wildman–Crippen MR) is 58.4 cm³/mol. The van der Waals surface area contributed by atoms with Gasteiger partial charge in [0.2, 0.25) is 0 Å². The molecule has 0 bridgehead atoms. The number of aromatic carboxylic acids is 2. The van der Waals surface area contributed by atoms with Crippen LogP contribution in [0.1, 0.15) is 20.7 Å². The molecule has 2 rings (SSSR count). The monoisotopic (exact) mass is 238 g/mol. The molecule has 0 saturated heterocycles. The maximum absolute atomic E-state index is 10.8. The van der Waals surface area contributed by atoms with Gasteiger partial charge in [0.1, 0.15) is 0 Å². The van der Waals surface area contributed by atoms with E-state index in [0.29, 0.717) is 10.8 Å². The van der Waals surface area contributed by atoms with E-state index >= 15 is 0 Å². The summed E-state index contributed by atoms with van der Waals surface area (Å²) in [6.07, 6.45) is 0. The summed E-state index contributed by atoms with van der Waals surface area (Å²) in [5.41, 5.74) is -0.725. The first-order valence-corrected chi connectivity index (χ1v) is 4.55. The Hall–Kier alpha value is -1.59. The summed E-state index contributed by atoms with van der Waals surface area (Å²) >= 11 is 0. The second-order valence-corrected chi connectivity index (χ2v) is 3.32. The molecule has 0 unspecified atom stereocenters. The minimum Gasteiger partial charge on any atom is -0.545 e. The Morgan fingerprint density at radius 1 is 0.824 bits per heavy atom. The van der Waals surface area contributed by atoms with Crippen molar-refractivity contribution in [2.45, 2.75) is 0 Å². The number of hydrogen-bond donors (Lipinski definition) is 0. The van der Waals surface area contributed by atoms with Crippen LogP contribution in [0.3, 0.4) is 0 Å². The van der Waals surface area contributed by atoms with Crippen molar-refractivity contribution in [1.82, 2.24) is 0 Å². The van der Waals surface area contributed by atoms with Crippen LogP contribution in [0.2, 0.25) is 0 Å². The third-order valence-electron chi connectivity index (χ3n) is 2.33. The van der Waals surface area contributed by atoms with E-state index in [-0.39, 0.29) is 34.2 Å². The Morgan fingerprint density at radius 2 is 1.18 bits per heavy atom. The van der Waals surface area contributed by atoms with Crippen LogP contribution in [0.4, 0.5) is 0 Å². The van der Waals surface area contributed by atoms with Gasteiger partial charge in [0.25, 0.3) is 0 Å². The summed E-state index contributed by atoms with van der Waals surface area (Å²) in [5, 5.41) is 22.8. The molecule has 0 N–H and O–H groups in total. The summed E-state index contributed by atoms with van der Waals surface area (Å²) in [6.45, 7) is 0. The second kappa shape index (κ2) is 5.16. The number of benzene rings is 2. The standard InChI is InChI=1S/C12H8O4.Mg/c13-11(14)9-5-7-3-1-2-4-8(7)6-10(9)12(15)16;/h1-6H,(H,13,14)(H,15,16);/q;+2/p-2. The van der Waals surface area contributed by atoms with Crippen LogP contribution in [0, 0.1) is 0 Å². The van der Waals surface area contributed by atoms with Crippen molar-refractivity contribution < 1.29 is 19.8 Å². The number of rotatable bonds is 2. The van der Waals surface area contributed by atoms with Crippen molar-refractivity contribution in [2.75, 3.05) is 0 Å². The van der Waals surface area contributed by atoms with Gasteiger partial charge in [0, 0.05) is 11.1 Å². The first-order chi connectivity index (χ1) is 7.59. The molecule has 0 heterocycles. The van der Waals surface area contributed by atoms with E-state index in [4.69, 9.17) is 0 Å². The minimum atomic E-state index is -1.52. The third-order valence-corrected chi connectivity index (χ3v) is 2.33. The summed E-state index contributed by atoms with van der Waals surface area (Å²) in [4.78, 5) is 21.5. The van der Waals surface area contributed by atoms with E-state index < -0.39 is 11.9 Å². The van der Waals surface area contributed by atoms with Crippen molar-refractivity contribution in [2.24, 2.45) is 0 Å². The van der Waals surface area contributed by atoms with Gasteiger partial charge in [-0.15, -0.1) is 0 Å². The molecular formula is C12H6MgO4. The van der Waals surface area contributed by atoms with Crippen molar-refractivity contribution >= 4 is 45.8 Å². The minimum absolute atomic E-state index is 0. The quantitative estimate of drug-likeness (QED) is 0.641. The number of hydrogen-bond acceptors (Lipinski definition) is 4. The molecule has 0 fully saturated rings. The Kier molecular flexibility index (Phi) is 4.09. The molecule has 0 aliphatic carbocycles. The van der Waals surface area contributed by atoms with Crippen LogP contribution in [-0.2, 0) is 0 Å². The molecule has 0 aliphatic rings. The van der Waals surface area contributed by atoms with E-state index in [9.17, 15) is 19.8 Å². The predicted octanol–water partition coefficient (Wildman–Crippen LogP) is -0.814. The van der Waals surface area contributed by atoms with E-state index in [0.717, 1.165) is 0 Å². The van der Waals surface area contributed by atoms with Crippen LogP contribution in [0.5, 0.6) is 0 Å². The molecule has 0 saturated carbocycles. The summed E-state index contributed by atoms with van der Waals surface area (Å²) < 4.78 is 0. The van der Waals surface area contributed by atoms with E-state index in [1.165, 1.54) is 12.1 Å². The normalized spacial score (nSPS) is 9.65. The average molecular weight is 238 g/mol. The molecule has 0 aromatic heterocycles. The van der Waals surface area contributed by atoms with Crippen molar-refractivity contribution in [3.05, 3.63) is 47.5 Å². The zero-order valence-electron chi connectivity index (χ0n) is 8.80. The number of carboxylic acids is 2. The van der Waals surface area contributed by atoms with Crippen LogP contribution in [0.15, 0.2) is 36.4 Å². The van der Waals surface area contributed by atoms with Crippen LogP contribution >= 0.6 is 0 Å². The number of carboxylic acid groups (broad SMARTS) is 2. The van der Waals surface area contributed by atoms with E-state index in [1.807, 2.05) is 0 Å². The first kappa shape index (κ1) is 13.5. The summed E-state index contributed by atoms with van der Waals surface area (Å²) in [6, 6.07) is 9.41. The molecule has 0 radical (unpaired) electrons. The fraction of sp³-hybridized carbons (Fsp3) is 0. The van der Waals surface area contributed by atoms with Gasteiger partial charge in [0.15, 0.2) is 0 Å². The number of carbonyl (C=O) groups excluding carboxylic acids is 2. The Labute approximate surface area is 113 Å². The Morgan fingerprint density at radius 3 is 1.47 bits per heavy atom. The van der Waals surface area contributed by atoms with E-state index in [1.54, 1.807) is 24.3 Å². The van der Waals surface area contributed by atoms with Gasteiger partial charge < -0.3 is 19.8 Å². The molecule has 5 heteroatoms. The largest absolute Gasteiger partial charge is 2.00 e. The average Bonchev–Trinajstić information content (AvgIpc) is 2.27. The smallest absolute Gasteiger partial charge is 0.545 e. The number of carbonyl (C=O) groups is 2. The van der Waals surface area contributed by atoms with Crippen LogP contribution < -0.4 is 10.2 Å². The van der Waals surface area contributed by atoms with Gasteiger partial charge >= 0.3 is 23.1 Å². The number of fused-ring (bicyclic) bond motifs is 1. The molecule has 0 spiro atoms. The van der Waals surface area contributed by atoms with E-state index in [2.05, 4.69) is 0 Å². The molecule has 80 valence electrons.